The first-order valence-corrected chi connectivity index (χ1v) is 11.6. The molecule has 4 aliphatic carbocycles. The lowest BCUT2D eigenvalue weighted by atomic mass is 9.48. The van der Waals surface area contributed by atoms with Gasteiger partial charge in [0, 0.05) is 18.3 Å². The third-order valence-corrected chi connectivity index (χ3v) is 8.90. The summed E-state index contributed by atoms with van der Waals surface area (Å²) in [6, 6.07) is 0. The van der Waals surface area contributed by atoms with E-state index < -0.39 is 10.0 Å². The first kappa shape index (κ1) is 17.5. The molecule has 0 unspecified atom stereocenters. The smallest absolute Gasteiger partial charge is 0.272 e. The van der Waals surface area contributed by atoms with E-state index in [4.69, 9.17) is 0 Å². The van der Waals surface area contributed by atoms with E-state index in [-0.39, 0.29) is 10.3 Å². The van der Waals surface area contributed by atoms with E-state index in [0.29, 0.717) is 6.54 Å². The molecule has 0 N–H and O–H groups in total. The molecule has 0 saturated heterocycles. The van der Waals surface area contributed by atoms with Crippen molar-refractivity contribution in [3.63, 3.8) is 0 Å². The Hall–Kier alpha value is -1.63. The molecule has 27 heavy (non-hydrogen) atoms. The minimum atomic E-state index is -3.71. The van der Waals surface area contributed by atoms with Crippen molar-refractivity contribution in [3.8, 4) is 0 Å². The highest BCUT2D eigenvalue weighted by molar-refractivity contribution is 7.89. The van der Waals surface area contributed by atoms with Crippen LogP contribution in [0.25, 0.3) is 0 Å². The van der Waals surface area contributed by atoms with Gasteiger partial charge in [-0.25, -0.2) is 0 Å². The Bertz CT molecular complexity index is 966. The molecule has 4 bridgehead atoms. The summed E-state index contributed by atoms with van der Waals surface area (Å²) in [6.07, 6.45) is 10.8. The first-order valence-electron chi connectivity index (χ1n) is 10.2. The van der Waals surface area contributed by atoms with Crippen LogP contribution in [-0.4, -0.2) is 27.4 Å². The molecule has 0 aliphatic heterocycles. The average molecular weight is 389 g/mol. The molecular weight excluding hydrogens is 360 g/mol. The average Bonchev–Trinajstić information content (AvgIpc) is 3.19. The Morgan fingerprint density at radius 3 is 2.22 bits per heavy atom. The van der Waals surface area contributed by atoms with Gasteiger partial charge < -0.3 is 0 Å². The topological polar surface area (TPSA) is 69.8 Å². The molecular formula is C20H28N4O2S. The highest BCUT2D eigenvalue weighted by Gasteiger charge is 2.53. The standard InChI is InChI=1S/C20H28N4O2S/c1-4-23-12-18(11-21-23)27(25,26)24-14(3)19(13(2)22-24)20-8-15-5-16(9-20)7-17(6-15)10-20/h11-12,15-17H,4-10H2,1-3H3. The fraction of sp³-hybridized carbons (Fsp3) is 0.700. The summed E-state index contributed by atoms with van der Waals surface area (Å²) in [5.41, 5.74) is 3.05. The van der Waals surface area contributed by atoms with E-state index in [1.807, 2.05) is 20.8 Å². The summed E-state index contributed by atoms with van der Waals surface area (Å²) in [5, 5.41) is 8.68. The molecule has 6 nitrogen and oxygen atoms in total. The van der Waals surface area contributed by atoms with Crippen molar-refractivity contribution in [2.75, 3.05) is 0 Å². The second kappa shape index (κ2) is 5.69. The van der Waals surface area contributed by atoms with E-state index in [1.54, 1.807) is 10.9 Å². The Morgan fingerprint density at radius 1 is 1.11 bits per heavy atom. The molecule has 7 heteroatoms. The molecule has 2 heterocycles. The highest BCUT2D eigenvalue weighted by atomic mass is 32.2. The van der Waals surface area contributed by atoms with E-state index in [1.165, 1.54) is 54.4 Å². The van der Waals surface area contributed by atoms with Gasteiger partial charge in [-0.15, -0.1) is 0 Å². The van der Waals surface area contributed by atoms with Crippen LogP contribution in [0.5, 0.6) is 0 Å². The number of aryl methyl sites for hydroxylation is 2. The predicted molar refractivity (Wildman–Crippen MR) is 102 cm³/mol. The maximum absolute atomic E-state index is 13.2. The summed E-state index contributed by atoms with van der Waals surface area (Å²) in [5.74, 6) is 2.45. The van der Waals surface area contributed by atoms with Crippen molar-refractivity contribution in [1.82, 2.24) is 19.0 Å². The summed E-state index contributed by atoms with van der Waals surface area (Å²) in [4.78, 5) is 0.215. The lowest BCUT2D eigenvalue weighted by molar-refractivity contribution is -0.00574. The summed E-state index contributed by atoms with van der Waals surface area (Å²) < 4.78 is 29.4. The van der Waals surface area contributed by atoms with Crippen molar-refractivity contribution < 1.29 is 8.42 Å². The molecule has 0 radical (unpaired) electrons. The van der Waals surface area contributed by atoms with Crippen molar-refractivity contribution in [2.45, 2.75) is 76.2 Å². The number of nitrogens with zero attached hydrogens (tertiary/aromatic N) is 4. The zero-order chi connectivity index (χ0) is 19.0. The van der Waals surface area contributed by atoms with Crippen molar-refractivity contribution >= 4 is 10.0 Å². The number of hydrogen-bond acceptors (Lipinski definition) is 4. The Kier molecular flexibility index (Phi) is 3.68. The van der Waals surface area contributed by atoms with Gasteiger partial charge in [-0.2, -0.15) is 22.7 Å². The van der Waals surface area contributed by atoms with Crippen LogP contribution >= 0.6 is 0 Å². The van der Waals surface area contributed by atoms with Gasteiger partial charge in [0.15, 0.2) is 0 Å². The minimum Gasteiger partial charge on any atom is -0.272 e. The lowest BCUT2D eigenvalue weighted by Gasteiger charge is -2.57. The van der Waals surface area contributed by atoms with E-state index in [9.17, 15) is 8.42 Å². The summed E-state index contributed by atoms with van der Waals surface area (Å²) in [6.45, 7) is 6.52. The van der Waals surface area contributed by atoms with Gasteiger partial charge in [-0.3, -0.25) is 4.68 Å². The van der Waals surface area contributed by atoms with Gasteiger partial charge in [0.2, 0.25) is 0 Å². The largest absolute Gasteiger partial charge is 0.286 e. The maximum Gasteiger partial charge on any atom is 0.286 e. The van der Waals surface area contributed by atoms with Gasteiger partial charge in [-0.05, 0) is 82.5 Å². The van der Waals surface area contributed by atoms with Crippen LogP contribution in [0.2, 0.25) is 0 Å². The fourth-order valence-corrected chi connectivity index (χ4v) is 8.10. The molecule has 2 aromatic heterocycles. The van der Waals surface area contributed by atoms with Gasteiger partial charge >= 0.3 is 0 Å². The normalized spacial score (nSPS) is 32.3. The molecule has 0 amide bonds. The first-order chi connectivity index (χ1) is 12.8. The van der Waals surface area contributed by atoms with Crippen LogP contribution in [0.4, 0.5) is 0 Å². The summed E-state index contributed by atoms with van der Waals surface area (Å²) >= 11 is 0. The molecule has 4 fully saturated rings. The van der Waals surface area contributed by atoms with Gasteiger partial charge in [0.1, 0.15) is 4.90 Å². The van der Waals surface area contributed by atoms with Crippen LogP contribution in [-0.2, 0) is 22.0 Å². The second-order valence-corrected chi connectivity index (χ2v) is 10.9. The van der Waals surface area contributed by atoms with Crippen LogP contribution in [0.1, 0.15) is 62.4 Å². The quantitative estimate of drug-likeness (QED) is 0.805. The van der Waals surface area contributed by atoms with Crippen LogP contribution < -0.4 is 0 Å². The van der Waals surface area contributed by atoms with Crippen LogP contribution in [0, 0.1) is 31.6 Å². The zero-order valence-corrected chi connectivity index (χ0v) is 17.2. The third-order valence-electron chi connectivity index (χ3n) is 7.28. The molecule has 0 spiro atoms. The number of hydrogen-bond donors (Lipinski definition) is 0. The molecule has 0 atom stereocenters. The van der Waals surface area contributed by atoms with E-state index >= 15 is 0 Å². The molecule has 6 rings (SSSR count). The van der Waals surface area contributed by atoms with Crippen molar-refractivity contribution in [2.24, 2.45) is 17.8 Å². The van der Waals surface area contributed by atoms with E-state index in [0.717, 1.165) is 29.1 Å². The zero-order valence-electron chi connectivity index (χ0n) is 16.4. The second-order valence-electron chi connectivity index (χ2n) is 9.12. The molecule has 0 aromatic carbocycles. The third kappa shape index (κ3) is 2.46. The number of aromatic nitrogens is 4. The van der Waals surface area contributed by atoms with Crippen molar-refractivity contribution in [1.29, 1.82) is 0 Å². The van der Waals surface area contributed by atoms with Gasteiger partial charge in [-0.1, -0.05) is 0 Å². The summed E-state index contributed by atoms with van der Waals surface area (Å²) in [7, 11) is -3.71. The fourth-order valence-electron chi connectivity index (χ4n) is 6.79. The van der Waals surface area contributed by atoms with Crippen LogP contribution in [0.15, 0.2) is 17.3 Å². The highest BCUT2D eigenvalue weighted by Crippen LogP contribution is 2.61. The Morgan fingerprint density at radius 2 is 1.70 bits per heavy atom. The van der Waals surface area contributed by atoms with Crippen LogP contribution in [0.3, 0.4) is 0 Å². The number of rotatable bonds is 4. The molecule has 4 aliphatic rings. The van der Waals surface area contributed by atoms with Gasteiger partial charge in [0.25, 0.3) is 10.0 Å². The maximum atomic E-state index is 13.2. The molecule has 4 saturated carbocycles. The monoisotopic (exact) mass is 388 g/mol. The molecule has 2 aromatic rings. The Balaban J connectivity index is 1.60. The SMILES string of the molecule is CCn1cc(S(=O)(=O)n2nc(C)c(C34CC5CC(CC(C5)C3)C4)c2C)cn1. The Labute approximate surface area is 161 Å². The predicted octanol–water partition coefficient (Wildman–Crippen LogP) is 3.42. The lowest BCUT2D eigenvalue weighted by Crippen LogP contribution is -2.49. The van der Waals surface area contributed by atoms with Crippen molar-refractivity contribution in [3.05, 3.63) is 29.3 Å². The van der Waals surface area contributed by atoms with E-state index in [2.05, 4.69) is 10.2 Å². The molecule has 146 valence electrons. The van der Waals surface area contributed by atoms with Gasteiger partial charge in [0.05, 0.1) is 17.6 Å². The minimum absolute atomic E-state index is 0.143.